The highest BCUT2D eigenvalue weighted by Gasteiger charge is 2.16. The van der Waals surface area contributed by atoms with E-state index in [1.165, 1.54) is 11.8 Å². The number of nitrogens with two attached hydrogens (primary N) is 1. The zero-order valence-electron chi connectivity index (χ0n) is 15.1. The van der Waals surface area contributed by atoms with E-state index in [1.807, 2.05) is 12.1 Å². The highest BCUT2D eigenvalue weighted by molar-refractivity contribution is 5.93. The van der Waals surface area contributed by atoms with Crippen LogP contribution in [0, 0.1) is 0 Å². The summed E-state index contributed by atoms with van der Waals surface area (Å²) in [4.78, 5) is 14.4. The summed E-state index contributed by atoms with van der Waals surface area (Å²) in [7, 11) is 0. The molecule has 27 heavy (non-hydrogen) atoms. The summed E-state index contributed by atoms with van der Waals surface area (Å²) >= 11 is 0. The molecule has 0 radical (unpaired) electrons. The molecule has 1 amide bonds. The van der Waals surface area contributed by atoms with Gasteiger partial charge < -0.3 is 20.6 Å². The minimum absolute atomic E-state index is 0. The van der Waals surface area contributed by atoms with E-state index in [0.29, 0.717) is 17.9 Å². The Labute approximate surface area is 171 Å². The third-order valence-electron chi connectivity index (χ3n) is 4.56. The van der Waals surface area contributed by atoms with Gasteiger partial charge >= 0.3 is 0 Å². The van der Waals surface area contributed by atoms with Crippen molar-refractivity contribution in [3.63, 3.8) is 0 Å². The molecule has 3 rings (SSSR count). The average molecular weight is 416 g/mol. The van der Waals surface area contributed by atoms with Crippen LogP contribution in [-0.2, 0) is 19.6 Å². The number of carbonyl (C=O) groups excluding carboxylic acids is 1. The number of benzene rings is 1. The van der Waals surface area contributed by atoms with Crippen LogP contribution in [0.3, 0.4) is 0 Å². The number of aliphatic hydroxyl groups excluding tert-OH is 1. The Morgan fingerprint density at radius 1 is 1.19 bits per heavy atom. The second-order valence-electron chi connectivity index (χ2n) is 6.51. The predicted molar refractivity (Wildman–Crippen MR) is 109 cm³/mol. The number of likely N-dealkylation sites (tertiary alicyclic amines) is 1. The van der Waals surface area contributed by atoms with Crippen LogP contribution in [0.1, 0.15) is 40.1 Å². The van der Waals surface area contributed by atoms with E-state index >= 15 is 0 Å². The van der Waals surface area contributed by atoms with Crippen molar-refractivity contribution in [2.75, 3.05) is 13.1 Å². The molecule has 1 fully saturated rings. The van der Waals surface area contributed by atoms with Crippen LogP contribution < -0.4 is 11.1 Å². The number of halogens is 2. The molecule has 8 heteroatoms. The summed E-state index contributed by atoms with van der Waals surface area (Å²) in [6, 6.07) is 9.92. The predicted octanol–water partition coefficient (Wildman–Crippen LogP) is 2.47. The van der Waals surface area contributed by atoms with Gasteiger partial charge in [-0.1, -0.05) is 24.3 Å². The number of rotatable bonds is 6. The van der Waals surface area contributed by atoms with E-state index in [4.69, 9.17) is 10.2 Å². The summed E-state index contributed by atoms with van der Waals surface area (Å²) in [5, 5.41) is 12.4. The molecule has 0 atom stereocenters. The Morgan fingerprint density at radius 3 is 2.41 bits per heavy atom. The summed E-state index contributed by atoms with van der Waals surface area (Å²) < 4.78 is 5.18. The van der Waals surface area contributed by atoms with E-state index in [9.17, 15) is 9.90 Å². The van der Waals surface area contributed by atoms with E-state index in [-0.39, 0.29) is 43.4 Å². The van der Waals surface area contributed by atoms with E-state index < -0.39 is 0 Å². The van der Waals surface area contributed by atoms with Gasteiger partial charge in [0.2, 0.25) is 0 Å². The number of furan rings is 1. The van der Waals surface area contributed by atoms with Gasteiger partial charge in [0.25, 0.3) is 5.91 Å². The van der Waals surface area contributed by atoms with Crippen molar-refractivity contribution in [1.82, 2.24) is 10.2 Å². The first-order valence-corrected chi connectivity index (χ1v) is 8.68. The molecule has 1 aromatic heterocycles. The van der Waals surface area contributed by atoms with Gasteiger partial charge in [-0.25, -0.2) is 0 Å². The number of amides is 1. The normalized spacial score (nSPS) is 14.9. The second-order valence-corrected chi connectivity index (χ2v) is 6.51. The monoisotopic (exact) mass is 415 g/mol. The fraction of sp³-hybridized carbons (Fsp3) is 0.421. The van der Waals surface area contributed by atoms with Crippen molar-refractivity contribution in [1.29, 1.82) is 0 Å². The summed E-state index contributed by atoms with van der Waals surface area (Å²) in [5.41, 5.74) is 8.26. The lowest BCUT2D eigenvalue weighted by Gasteiger charge is -2.29. The first kappa shape index (κ1) is 23.5. The maximum atomic E-state index is 12.1. The summed E-state index contributed by atoms with van der Waals surface area (Å²) in [6.07, 6.45) is 2.99. The molecule has 0 unspecified atom stereocenters. The van der Waals surface area contributed by atoms with Crippen molar-refractivity contribution < 1.29 is 14.3 Å². The Morgan fingerprint density at radius 2 is 1.81 bits per heavy atom. The van der Waals surface area contributed by atoms with Crippen molar-refractivity contribution in [2.24, 2.45) is 5.73 Å². The number of hydrogen-bond acceptors (Lipinski definition) is 5. The molecule has 1 saturated heterocycles. The van der Waals surface area contributed by atoms with E-state index in [0.717, 1.165) is 38.0 Å². The largest absolute Gasteiger partial charge is 0.467 e. The topological polar surface area (TPSA) is 91.7 Å². The molecule has 0 saturated carbocycles. The van der Waals surface area contributed by atoms with Crippen molar-refractivity contribution in [3.8, 4) is 0 Å². The Hall–Kier alpha value is -1.57. The minimum Gasteiger partial charge on any atom is -0.467 e. The van der Waals surface area contributed by atoms with Crippen molar-refractivity contribution in [3.05, 3.63) is 59.0 Å². The fourth-order valence-corrected chi connectivity index (χ4v) is 2.99. The molecule has 1 aliphatic rings. The second kappa shape index (κ2) is 11.3. The van der Waals surface area contributed by atoms with Gasteiger partial charge in [-0.05, 0) is 30.0 Å². The molecule has 1 aromatic carbocycles. The number of aliphatic hydroxyl groups is 1. The number of nitrogens with one attached hydrogen (secondary N) is 1. The van der Waals surface area contributed by atoms with Crippen LogP contribution in [-0.4, -0.2) is 35.1 Å². The lowest BCUT2D eigenvalue weighted by molar-refractivity contribution is 0.0792. The van der Waals surface area contributed by atoms with Crippen LogP contribution in [0.15, 0.2) is 41.0 Å². The molecule has 0 bridgehead atoms. The standard InChI is InChI=1S/C19H25N3O3.2ClH/c20-10-18-9-16(13-25-18)19(24)21-11-14-1-3-15(4-2-14)12-22-7-5-17(23)6-8-22;;/h1-4,9,13,17,23H,5-8,10-12,20H2,(H,21,24);2*1H. The van der Waals surface area contributed by atoms with Crippen molar-refractivity contribution in [2.45, 2.75) is 38.6 Å². The molecule has 1 aliphatic heterocycles. The molecule has 0 spiro atoms. The van der Waals surface area contributed by atoms with Crippen molar-refractivity contribution >= 4 is 30.7 Å². The smallest absolute Gasteiger partial charge is 0.254 e. The molecule has 150 valence electrons. The maximum Gasteiger partial charge on any atom is 0.254 e. The molecule has 2 aromatic rings. The fourth-order valence-electron chi connectivity index (χ4n) is 2.99. The van der Waals surface area contributed by atoms with Gasteiger partial charge in [0.05, 0.1) is 18.2 Å². The molecular weight excluding hydrogens is 389 g/mol. The molecule has 0 aliphatic carbocycles. The minimum atomic E-state index is -0.167. The summed E-state index contributed by atoms with van der Waals surface area (Å²) in [5.74, 6) is 0.430. The number of nitrogens with zero attached hydrogens (tertiary/aromatic N) is 1. The SMILES string of the molecule is Cl.Cl.NCc1cc(C(=O)NCc2ccc(CN3CCC(O)CC3)cc2)co1. The van der Waals surface area contributed by atoms with Crippen LogP contribution in [0.5, 0.6) is 0 Å². The zero-order chi connectivity index (χ0) is 17.6. The Kier molecular flexibility index (Phi) is 9.83. The quantitative estimate of drug-likeness (QED) is 0.673. The zero-order valence-corrected chi connectivity index (χ0v) is 16.7. The molecule has 4 N–H and O–H groups in total. The molecular formula is C19H27Cl2N3O3. The number of piperidine rings is 1. The third kappa shape index (κ3) is 6.83. The third-order valence-corrected chi connectivity index (χ3v) is 4.56. The summed E-state index contributed by atoms with van der Waals surface area (Å²) in [6.45, 7) is 3.53. The van der Waals surface area contributed by atoms with Gasteiger partial charge in [-0.2, -0.15) is 0 Å². The van der Waals surface area contributed by atoms with Crippen LogP contribution >= 0.6 is 24.8 Å². The lowest BCUT2D eigenvalue weighted by atomic mass is 10.1. The maximum absolute atomic E-state index is 12.1. The van der Waals surface area contributed by atoms with Crippen LogP contribution in [0.2, 0.25) is 0 Å². The number of hydrogen-bond donors (Lipinski definition) is 3. The van der Waals surface area contributed by atoms with Gasteiger partial charge in [0.1, 0.15) is 12.0 Å². The first-order valence-electron chi connectivity index (χ1n) is 8.68. The van der Waals surface area contributed by atoms with Crippen LogP contribution in [0.25, 0.3) is 0 Å². The van der Waals surface area contributed by atoms with E-state index in [1.54, 1.807) is 6.07 Å². The van der Waals surface area contributed by atoms with E-state index in [2.05, 4.69) is 22.3 Å². The van der Waals surface area contributed by atoms with Gasteiger partial charge in [0.15, 0.2) is 0 Å². The number of carbonyl (C=O) groups is 1. The molecule has 2 heterocycles. The van der Waals surface area contributed by atoms with Gasteiger partial charge in [0, 0.05) is 26.2 Å². The van der Waals surface area contributed by atoms with Crippen LogP contribution in [0.4, 0.5) is 0 Å². The first-order chi connectivity index (χ1) is 12.1. The van der Waals surface area contributed by atoms with Gasteiger partial charge in [-0.3, -0.25) is 9.69 Å². The van der Waals surface area contributed by atoms with Gasteiger partial charge in [-0.15, -0.1) is 24.8 Å². The highest BCUT2D eigenvalue weighted by atomic mass is 35.5. The average Bonchev–Trinajstić information content (AvgIpc) is 3.12. The molecule has 6 nitrogen and oxygen atoms in total. The lowest BCUT2D eigenvalue weighted by Crippen LogP contribution is -2.35. The highest BCUT2D eigenvalue weighted by Crippen LogP contribution is 2.14. The Bertz CT molecular complexity index is 698. The Balaban J connectivity index is 0.00000182.